The first kappa shape index (κ1) is 37.9. The van der Waals surface area contributed by atoms with Crippen molar-refractivity contribution in [2.45, 2.75) is 99.2 Å². The number of aryl methyl sites for hydroxylation is 1. The first-order valence-corrected chi connectivity index (χ1v) is 16.8. The Kier molecular flexibility index (Phi) is 13.3. The molecule has 1 aromatic carbocycles. The molecule has 0 spiro atoms. The summed E-state index contributed by atoms with van der Waals surface area (Å²) in [6.45, 7) is 20.9. The zero-order valence-electron chi connectivity index (χ0n) is 29.6. The number of nitrogens with one attached hydrogen (secondary N) is 1. The second-order valence-corrected chi connectivity index (χ2v) is 13.6. The molecule has 0 saturated carbocycles. The third-order valence-corrected chi connectivity index (χ3v) is 7.95. The molecule has 252 valence electrons. The summed E-state index contributed by atoms with van der Waals surface area (Å²) in [7, 11) is 3.43. The Balaban J connectivity index is 0.00000345. The van der Waals surface area contributed by atoms with Crippen molar-refractivity contribution in [1.29, 1.82) is 0 Å². The zero-order valence-corrected chi connectivity index (χ0v) is 30.4. The molecule has 1 saturated heterocycles. The van der Waals surface area contributed by atoms with Crippen LogP contribution in [0.4, 0.5) is 16.2 Å². The van der Waals surface area contributed by atoms with Crippen molar-refractivity contribution < 1.29 is 23.8 Å². The van der Waals surface area contributed by atoms with Gasteiger partial charge in [0.2, 0.25) is 0 Å². The molecule has 2 aromatic rings. The Morgan fingerprint density at radius 1 is 1.09 bits per heavy atom. The van der Waals surface area contributed by atoms with E-state index in [-0.39, 0.29) is 23.5 Å². The molecule has 10 nitrogen and oxygen atoms in total. The monoisotopic (exact) mass is 645 g/mol. The third-order valence-electron chi connectivity index (χ3n) is 7.36. The van der Waals surface area contributed by atoms with Gasteiger partial charge in [-0.2, -0.15) is 0 Å². The number of rotatable bonds is 8. The fourth-order valence-corrected chi connectivity index (χ4v) is 5.39. The van der Waals surface area contributed by atoms with Crippen LogP contribution in [0, 0.1) is 6.92 Å². The van der Waals surface area contributed by atoms with Gasteiger partial charge in [-0.15, -0.1) is 0 Å². The van der Waals surface area contributed by atoms with E-state index in [9.17, 15) is 9.59 Å². The molecule has 45 heavy (non-hydrogen) atoms. The summed E-state index contributed by atoms with van der Waals surface area (Å²) in [6.07, 6.45) is 4.82. The highest BCUT2D eigenvalue weighted by Crippen LogP contribution is 2.41. The fraction of sp³-hybridized carbons (Fsp3) is 0.588. The van der Waals surface area contributed by atoms with Crippen LogP contribution in [0.15, 0.2) is 24.3 Å². The lowest BCUT2D eigenvalue weighted by Crippen LogP contribution is -2.43. The van der Waals surface area contributed by atoms with Gasteiger partial charge in [-0.3, -0.25) is 4.79 Å². The van der Waals surface area contributed by atoms with Crippen molar-refractivity contribution in [2.24, 2.45) is 12.9 Å². The number of hydrogen-bond donors (Lipinski definition) is 2. The maximum absolute atomic E-state index is 13.7. The molecular formula is C34H55N5O5S. The van der Waals surface area contributed by atoms with Gasteiger partial charge in [0.15, 0.2) is 5.75 Å². The Morgan fingerprint density at radius 3 is 2.18 bits per heavy atom. The van der Waals surface area contributed by atoms with Crippen LogP contribution in [0.25, 0.3) is 5.76 Å². The first-order chi connectivity index (χ1) is 21.0. The first-order valence-electron chi connectivity index (χ1n) is 15.6. The van der Waals surface area contributed by atoms with Gasteiger partial charge in [0.05, 0.1) is 18.5 Å². The molecule has 0 unspecified atom stereocenters. The minimum Gasteiger partial charge on any atom is -0.492 e. The number of benzene rings is 1. The summed E-state index contributed by atoms with van der Waals surface area (Å²) in [5.74, 6) is 7.17. The molecule has 1 aliphatic heterocycles. The summed E-state index contributed by atoms with van der Waals surface area (Å²) in [6, 6.07) is 5.79. The highest BCUT2D eigenvalue weighted by atomic mass is 32.2. The summed E-state index contributed by atoms with van der Waals surface area (Å²) in [5, 5.41) is 3.07. The Hall–Kier alpha value is -3.31. The number of methoxy groups -OCH3 is 1. The molecule has 2 amide bonds. The molecule has 11 heteroatoms. The highest BCUT2D eigenvalue weighted by Gasteiger charge is 2.30. The lowest BCUT2D eigenvalue weighted by atomic mass is 9.86. The van der Waals surface area contributed by atoms with E-state index in [1.807, 2.05) is 90.6 Å². The number of anilines is 2. The van der Waals surface area contributed by atoms with Gasteiger partial charge in [-0.1, -0.05) is 34.6 Å². The number of amides is 2. The predicted octanol–water partition coefficient (Wildman–Crippen LogP) is 7.65. The molecule has 0 atom stereocenters. The SMILES string of the molecule is C/C=C(/OC1CCN(C(=O)OC(C)(C)C)CC1)c1c(C)cc(C(=O)Nc2cc(C(C)(C)C)cc(N(N)SC)c2OC)n1C.CC. The summed E-state index contributed by atoms with van der Waals surface area (Å²) in [4.78, 5) is 27.9. The normalized spacial score (nSPS) is 14.4. The summed E-state index contributed by atoms with van der Waals surface area (Å²) >= 11 is 1.35. The maximum atomic E-state index is 13.7. The lowest BCUT2D eigenvalue weighted by Gasteiger charge is -2.34. The van der Waals surface area contributed by atoms with E-state index in [4.69, 9.17) is 20.1 Å². The number of likely N-dealkylation sites (tertiary alicyclic amines) is 1. The molecule has 1 aromatic heterocycles. The number of carbonyl (C=O) groups excluding carboxylic acids is 2. The number of nitrogens with two attached hydrogens (primary N) is 1. The quantitative estimate of drug-likeness (QED) is 0.130. The van der Waals surface area contributed by atoms with Crippen LogP contribution >= 0.6 is 11.9 Å². The van der Waals surface area contributed by atoms with E-state index in [1.165, 1.54) is 16.4 Å². The van der Waals surface area contributed by atoms with Gasteiger partial charge in [0, 0.05) is 39.2 Å². The second-order valence-electron chi connectivity index (χ2n) is 12.8. The minimum atomic E-state index is -0.529. The lowest BCUT2D eigenvalue weighted by molar-refractivity contribution is 0.00984. The molecule has 0 bridgehead atoms. The minimum absolute atomic E-state index is 0.0603. The number of ether oxygens (including phenoxy) is 3. The van der Waals surface area contributed by atoms with Crippen LogP contribution in [-0.4, -0.2) is 59.6 Å². The average Bonchev–Trinajstić information content (AvgIpc) is 3.28. The van der Waals surface area contributed by atoms with Crippen molar-refractivity contribution in [3.63, 3.8) is 0 Å². The summed E-state index contributed by atoms with van der Waals surface area (Å²) < 4.78 is 21.1. The van der Waals surface area contributed by atoms with Gasteiger partial charge < -0.3 is 29.0 Å². The van der Waals surface area contributed by atoms with Crippen molar-refractivity contribution in [3.05, 3.63) is 46.8 Å². The average molecular weight is 646 g/mol. The van der Waals surface area contributed by atoms with Crippen LogP contribution in [-0.2, 0) is 21.9 Å². The van der Waals surface area contributed by atoms with Crippen molar-refractivity contribution in [3.8, 4) is 5.75 Å². The van der Waals surface area contributed by atoms with Crippen LogP contribution in [0.5, 0.6) is 5.75 Å². The predicted molar refractivity (Wildman–Crippen MR) is 187 cm³/mol. The number of hydrazine groups is 1. The molecule has 0 aliphatic carbocycles. The molecule has 1 fully saturated rings. The van der Waals surface area contributed by atoms with E-state index < -0.39 is 5.60 Å². The highest BCUT2D eigenvalue weighted by molar-refractivity contribution is 7.99. The van der Waals surface area contributed by atoms with Crippen LogP contribution in [0.2, 0.25) is 0 Å². The Bertz CT molecular complexity index is 1350. The number of piperidine rings is 1. The van der Waals surface area contributed by atoms with Gasteiger partial charge in [0.1, 0.15) is 28.8 Å². The van der Waals surface area contributed by atoms with E-state index in [2.05, 4.69) is 26.1 Å². The third kappa shape index (κ3) is 9.59. The molecule has 2 heterocycles. The van der Waals surface area contributed by atoms with Crippen LogP contribution in [0.3, 0.4) is 0 Å². The number of carbonyl (C=O) groups is 2. The van der Waals surface area contributed by atoms with Gasteiger partial charge in [0.25, 0.3) is 5.91 Å². The summed E-state index contributed by atoms with van der Waals surface area (Å²) in [5.41, 5.74) is 3.73. The van der Waals surface area contributed by atoms with Gasteiger partial charge >= 0.3 is 6.09 Å². The number of hydrogen-bond acceptors (Lipinski definition) is 8. The van der Waals surface area contributed by atoms with E-state index in [0.717, 1.165) is 16.8 Å². The van der Waals surface area contributed by atoms with Gasteiger partial charge in [-0.05, 0) is 87.4 Å². The topological polar surface area (TPSA) is 111 Å². The molecule has 1 aliphatic rings. The second kappa shape index (κ2) is 15.8. The van der Waals surface area contributed by atoms with E-state index in [0.29, 0.717) is 54.5 Å². The smallest absolute Gasteiger partial charge is 0.410 e. The van der Waals surface area contributed by atoms with Crippen molar-refractivity contribution >= 4 is 41.1 Å². The van der Waals surface area contributed by atoms with Crippen molar-refractivity contribution in [2.75, 3.05) is 36.2 Å². The fourth-order valence-electron chi connectivity index (χ4n) is 5.06. The zero-order chi connectivity index (χ0) is 34.3. The number of nitrogens with zero attached hydrogens (tertiary/aromatic N) is 3. The molecule has 3 rings (SSSR count). The standard InChI is InChI=1S/C32H49N5O5S.C2H6/c1-12-26(41-22-13-15-36(16-14-22)30(39)42-32(6,7)8)27-20(2)17-25(35(27)9)29(38)34-23-18-21(31(3,4)5)19-24(28(23)40-10)37(33)43-11;1-2/h12,17-19,22H,13-16,33H2,1-11H3,(H,34,38);1-2H3/b26-12+;. The molecular weight excluding hydrogens is 590 g/mol. The largest absolute Gasteiger partial charge is 0.492 e. The van der Waals surface area contributed by atoms with E-state index in [1.54, 1.807) is 12.0 Å². The number of allylic oxidation sites excluding steroid dienone is 1. The number of aromatic nitrogens is 1. The Morgan fingerprint density at radius 2 is 1.69 bits per heavy atom. The molecule has 0 radical (unpaired) electrons. The Labute approximate surface area is 274 Å². The molecule has 3 N–H and O–H groups in total. The van der Waals surface area contributed by atoms with E-state index >= 15 is 0 Å². The van der Waals surface area contributed by atoms with Crippen LogP contribution < -0.4 is 20.3 Å². The maximum Gasteiger partial charge on any atom is 0.410 e. The van der Waals surface area contributed by atoms with Gasteiger partial charge in [-0.25, -0.2) is 15.1 Å². The van der Waals surface area contributed by atoms with Crippen LogP contribution in [0.1, 0.15) is 102 Å². The van der Waals surface area contributed by atoms with Crippen molar-refractivity contribution in [1.82, 2.24) is 9.47 Å².